The maximum atomic E-state index is 13.8. The molecule has 0 saturated heterocycles. The van der Waals surface area contributed by atoms with E-state index in [2.05, 4.69) is 32.1 Å². The van der Waals surface area contributed by atoms with Gasteiger partial charge in [-0.05, 0) is 85.0 Å². The number of aromatic nitrogens is 4. The number of carbonyl (C=O) groups excluding carboxylic acids is 1. The topological polar surface area (TPSA) is 92.9 Å². The fourth-order valence-electron chi connectivity index (χ4n) is 4.68. The molecule has 7 heteroatoms. The van der Waals surface area contributed by atoms with Crippen LogP contribution < -0.4 is 9.47 Å². The Morgan fingerprint density at radius 2 is 1.22 bits per heavy atom. The Morgan fingerprint density at radius 1 is 0.750 bits per heavy atom. The number of nitrogens with zero attached hydrogens (tertiary/aromatic N) is 2. The van der Waals surface area contributed by atoms with Gasteiger partial charge >= 0.3 is 0 Å². The van der Waals surface area contributed by atoms with Gasteiger partial charge in [-0.1, -0.05) is 0 Å². The van der Waals surface area contributed by atoms with Crippen LogP contribution in [0.4, 0.5) is 0 Å². The van der Waals surface area contributed by atoms with E-state index in [0.717, 1.165) is 83.7 Å². The average molecular weight is 483 g/mol. The monoisotopic (exact) mass is 482 g/mol. The minimum atomic E-state index is 0.104. The molecule has 0 amide bonds. The summed E-state index contributed by atoms with van der Waals surface area (Å²) in [5.74, 6) is 2.61. The van der Waals surface area contributed by atoms with E-state index in [1.54, 1.807) is 12.7 Å². The van der Waals surface area contributed by atoms with Crippen LogP contribution >= 0.6 is 0 Å². The van der Waals surface area contributed by atoms with Crippen molar-refractivity contribution < 1.29 is 14.3 Å². The summed E-state index contributed by atoms with van der Waals surface area (Å²) in [7, 11) is 0. The second kappa shape index (κ2) is 10.0. The van der Waals surface area contributed by atoms with E-state index in [4.69, 9.17) is 9.47 Å². The van der Waals surface area contributed by atoms with Crippen LogP contribution in [0.2, 0.25) is 0 Å². The molecule has 184 valence electrons. The number of benzene rings is 2. The molecule has 2 N–H and O–H groups in total. The largest absolute Gasteiger partial charge is 0.493 e. The predicted octanol–water partition coefficient (Wildman–Crippen LogP) is 5.36. The number of imidazole rings is 2. The zero-order chi connectivity index (χ0) is 24.3. The zero-order valence-corrected chi connectivity index (χ0v) is 20.2. The number of aromatic amines is 2. The van der Waals surface area contributed by atoms with Crippen LogP contribution in [0.5, 0.6) is 11.5 Å². The number of nitrogens with one attached hydrogen (secondary N) is 2. The first-order chi connectivity index (χ1) is 17.7. The van der Waals surface area contributed by atoms with Crippen molar-refractivity contribution in [2.24, 2.45) is 0 Å². The van der Waals surface area contributed by atoms with Crippen molar-refractivity contribution in [2.45, 2.75) is 50.4 Å². The molecule has 2 aromatic carbocycles. The highest BCUT2D eigenvalue weighted by Crippen LogP contribution is 2.46. The average Bonchev–Trinajstić information content (AvgIpc) is 3.82. The fraction of sp³-hybridized carbons (Fsp3) is 0.345. The molecule has 0 bridgehead atoms. The predicted molar refractivity (Wildman–Crippen MR) is 136 cm³/mol. The summed E-state index contributed by atoms with van der Waals surface area (Å²) in [5, 5.41) is 0. The van der Waals surface area contributed by atoms with Crippen molar-refractivity contribution in [3.8, 4) is 11.5 Å². The molecular weight excluding hydrogens is 452 g/mol. The maximum Gasteiger partial charge on any atom is 0.193 e. The molecule has 6 rings (SSSR count). The first kappa shape index (κ1) is 22.6. The van der Waals surface area contributed by atoms with Gasteiger partial charge < -0.3 is 19.4 Å². The molecule has 0 aliphatic heterocycles. The lowest BCUT2D eigenvalue weighted by Gasteiger charge is -2.15. The molecule has 0 atom stereocenters. The number of ketones is 1. The lowest BCUT2D eigenvalue weighted by molar-refractivity contribution is 0.103. The first-order valence-electron chi connectivity index (χ1n) is 12.8. The van der Waals surface area contributed by atoms with Crippen LogP contribution in [-0.4, -0.2) is 38.9 Å². The van der Waals surface area contributed by atoms with Gasteiger partial charge in [-0.25, -0.2) is 9.97 Å². The third-order valence-corrected chi connectivity index (χ3v) is 6.96. The molecule has 0 spiro atoms. The van der Waals surface area contributed by atoms with Crippen molar-refractivity contribution in [2.75, 3.05) is 13.2 Å². The van der Waals surface area contributed by atoms with E-state index >= 15 is 0 Å². The smallest absolute Gasteiger partial charge is 0.193 e. The number of H-pyrrole nitrogens is 2. The lowest BCUT2D eigenvalue weighted by atomic mass is 9.91. The molecule has 7 nitrogen and oxygen atoms in total. The molecule has 2 heterocycles. The van der Waals surface area contributed by atoms with Crippen molar-refractivity contribution in [1.29, 1.82) is 0 Å². The number of hydrogen-bond acceptors (Lipinski definition) is 5. The molecule has 2 aliphatic carbocycles. The molecule has 2 aromatic heterocycles. The van der Waals surface area contributed by atoms with Gasteiger partial charge in [0.15, 0.2) is 5.78 Å². The van der Waals surface area contributed by atoms with Gasteiger partial charge in [0.2, 0.25) is 0 Å². The molecule has 0 unspecified atom stereocenters. The standard InChI is InChI=1S/C29H30N4O3/c34-29(25-7-5-23(13-27(25)19-1-2-19)35-11-9-21-15-30-17-32-21)26-8-6-24(14-28(26)20-3-4-20)36-12-10-22-16-31-18-33-22/h5-8,13-20H,1-4,9-12H2,(H,30,32)(H,31,33). The molecular formula is C29H30N4O3. The first-order valence-corrected chi connectivity index (χ1v) is 12.8. The van der Waals surface area contributed by atoms with Gasteiger partial charge in [-0.15, -0.1) is 0 Å². The Morgan fingerprint density at radius 3 is 1.61 bits per heavy atom. The number of carbonyl (C=O) groups is 1. The Labute approximate surface area is 210 Å². The number of rotatable bonds is 12. The van der Waals surface area contributed by atoms with Crippen molar-refractivity contribution in [1.82, 2.24) is 19.9 Å². The highest BCUT2D eigenvalue weighted by Gasteiger charge is 2.32. The van der Waals surface area contributed by atoms with E-state index < -0.39 is 0 Å². The summed E-state index contributed by atoms with van der Waals surface area (Å²) in [4.78, 5) is 28.1. The van der Waals surface area contributed by atoms with E-state index in [9.17, 15) is 4.79 Å². The third-order valence-electron chi connectivity index (χ3n) is 6.96. The number of hydrogen-bond donors (Lipinski definition) is 2. The van der Waals surface area contributed by atoms with Crippen LogP contribution in [0.15, 0.2) is 61.4 Å². The van der Waals surface area contributed by atoms with Crippen LogP contribution in [0.3, 0.4) is 0 Å². The summed E-state index contributed by atoms with van der Waals surface area (Å²) < 4.78 is 12.0. The Hall–Kier alpha value is -3.87. The Balaban J connectivity index is 1.18. The van der Waals surface area contributed by atoms with Crippen molar-refractivity contribution >= 4 is 5.78 Å². The summed E-state index contributed by atoms with van der Waals surface area (Å²) in [5.41, 5.74) is 5.92. The van der Waals surface area contributed by atoms with Gasteiger partial charge in [0, 0.05) is 47.8 Å². The van der Waals surface area contributed by atoms with Crippen molar-refractivity contribution in [3.05, 3.63) is 95.1 Å². The fourth-order valence-corrected chi connectivity index (χ4v) is 4.68. The lowest BCUT2D eigenvalue weighted by Crippen LogP contribution is -2.10. The maximum absolute atomic E-state index is 13.8. The summed E-state index contributed by atoms with van der Waals surface area (Å²) in [6, 6.07) is 11.9. The van der Waals surface area contributed by atoms with Crippen LogP contribution in [0.1, 0.15) is 76.0 Å². The van der Waals surface area contributed by atoms with E-state index in [1.807, 2.05) is 36.7 Å². The molecule has 2 aliphatic rings. The van der Waals surface area contributed by atoms with E-state index in [1.165, 1.54) is 0 Å². The molecule has 36 heavy (non-hydrogen) atoms. The van der Waals surface area contributed by atoms with E-state index in [0.29, 0.717) is 25.0 Å². The molecule has 4 aromatic rings. The summed E-state index contributed by atoms with van der Waals surface area (Å²) in [6.45, 7) is 1.13. The Kier molecular flexibility index (Phi) is 6.28. The van der Waals surface area contributed by atoms with Gasteiger partial charge in [0.25, 0.3) is 0 Å². The summed E-state index contributed by atoms with van der Waals surface area (Å²) >= 11 is 0. The van der Waals surface area contributed by atoms with Crippen LogP contribution in [0, 0.1) is 0 Å². The normalized spacial score (nSPS) is 15.1. The highest BCUT2D eigenvalue weighted by molar-refractivity contribution is 6.11. The summed E-state index contributed by atoms with van der Waals surface area (Å²) in [6.07, 6.45) is 13.0. The highest BCUT2D eigenvalue weighted by atomic mass is 16.5. The quantitative estimate of drug-likeness (QED) is 0.265. The van der Waals surface area contributed by atoms with Crippen molar-refractivity contribution in [3.63, 3.8) is 0 Å². The van der Waals surface area contributed by atoms with Crippen LogP contribution in [0.25, 0.3) is 0 Å². The minimum absolute atomic E-state index is 0.104. The molecule has 0 radical (unpaired) electrons. The Bertz CT molecular complexity index is 1220. The second-order valence-electron chi connectivity index (χ2n) is 9.73. The zero-order valence-electron chi connectivity index (χ0n) is 20.2. The third kappa shape index (κ3) is 5.20. The second-order valence-corrected chi connectivity index (χ2v) is 9.73. The van der Waals surface area contributed by atoms with Gasteiger partial charge in [0.1, 0.15) is 11.5 Å². The van der Waals surface area contributed by atoms with Gasteiger partial charge in [-0.2, -0.15) is 0 Å². The minimum Gasteiger partial charge on any atom is -0.493 e. The van der Waals surface area contributed by atoms with Gasteiger partial charge in [-0.3, -0.25) is 4.79 Å². The molecule has 2 saturated carbocycles. The van der Waals surface area contributed by atoms with Gasteiger partial charge in [0.05, 0.1) is 25.9 Å². The SMILES string of the molecule is O=C(c1ccc(OCCc2cnc[nH]2)cc1C1CC1)c1ccc(OCCc2cnc[nH]2)cc1C1CC1. The van der Waals surface area contributed by atoms with E-state index in [-0.39, 0.29) is 5.78 Å². The van der Waals surface area contributed by atoms with Crippen LogP contribution in [-0.2, 0) is 12.8 Å². The number of ether oxygens (including phenoxy) is 2. The molecule has 2 fully saturated rings.